The molecular formula is C11H16N4O3. The molecule has 7 nitrogen and oxygen atoms in total. The van der Waals surface area contributed by atoms with Gasteiger partial charge in [-0.05, 0) is 12.8 Å². The zero-order valence-corrected chi connectivity index (χ0v) is 10.3. The summed E-state index contributed by atoms with van der Waals surface area (Å²) in [7, 11) is 1.35. The Morgan fingerprint density at radius 1 is 1.33 bits per heavy atom. The summed E-state index contributed by atoms with van der Waals surface area (Å²) in [5.74, 6) is 0.630. The number of nitrogens with two attached hydrogens (primary N) is 1. The van der Waals surface area contributed by atoms with Crippen LogP contribution in [0.5, 0.6) is 5.88 Å². The second-order valence-corrected chi connectivity index (χ2v) is 4.42. The van der Waals surface area contributed by atoms with Gasteiger partial charge in [0.25, 0.3) is 5.88 Å². The van der Waals surface area contributed by atoms with Crippen LogP contribution in [0, 0.1) is 10.1 Å². The monoisotopic (exact) mass is 252 g/mol. The second kappa shape index (κ2) is 5.16. The molecule has 1 saturated carbocycles. The van der Waals surface area contributed by atoms with Crippen LogP contribution < -0.4 is 10.5 Å². The lowest BCUT2D eigenvalue weighted by molar-refractivity contribution is -0.385. The first-order valence-corrected chi connectivity index (χ1v) is 5.99. The summed E-state index contributed by atoms with van der Waals surface area (Å²) in [6, 6.07) is 0. The van der Waals surface area contributed by atoms with Crippen LogP contribution in [0.3, 0.4) is 0 Å². The third-order valence-electron chi connectivity index (χ3n) is 3.24. The van der Waals surface area contributed by atoms with Crippen molar-refractivity contribution < 1.29 is 9.66 Å². The highest BCUT2D eigenvalue weighted by molar-refractivity contribution is 5.58. The van der Waals surface area contributed by atoms with Gasteiger partial charge >= 0.3 is 5.69 Å². The molecule has 18 heavy (non-hydrogen) atoms. The van der Waals surface area contributed by atoms with E-state index in [1.165, 1.54) is 13.5 Å². The number of nitrogens with zero attached hydrogens (tertiary/aromatic N) is 3. The molecule has 0 unspecified atom stereocenters. The van der Waals surface area contributed by atoms with Crippen LogP contribution in [-0.4, -0.2) is 22.0 Å². The number of hydrogen-bond acceptors (Lipinski definition) is 6. The van der Waals surface area contributed by atoms with Gasteiger partial charge in [-0.25, -0.2) is 4.98 Å². The van der Waals surface area contributed by atoms with Crippen molar-refractivity contribution in [2.45, 2.75) is 38.0 Å². The minimum Gasteiger partial charge on any atom is -0.476 e. The minimum absolute atomic E-state index is 0.0481. The summed E-state index contributed by atoms with van der Waals surface area (Å²) in [4.78, 5) is 18.5. The van der Waals surface area contributed by atoms with Crippen LogP contribution in [0.1, 0.15) is 43.8 Å². The molecule has 0 radical (unpaired) electrons. The van der Waals surface area contributed by atoms with E-state index in [0.29, 0.717) is 5.82 Å². The van der Waals surface area contributed by atoms with E-state index in [4.69, 9.17) is 10.5 Å². The molecule has 1 aromatic heterocycles. The van der Waals surface area contributed by atoms with Crippen LogP contribution in [0.15, 0.2) is 0 Å². The first kappa shape index (κ1) is 12.5. The fraction of sp³-hybridized carbons (Fsp3) is 0.636. The lowest BCUT2D eigenvalue weighted by atomic mass is 9.89. The molecule has 7 heteroatoms. The van der Waals surface area contributed by atoms with Crippen molar-refractivity contribution in [3.8, 4) is 5.88 Å². The highest BCUT2D eigenvalue weighted by Gasteiger charge is 2.27. The zero-order chi connectivity index (χ0) is 13.1. The Balaban J connectivity index is 2.38. The molecule has 2 N–H and O–H groups in total. The zero-order valence-electron chi connectivity index (χ0n) is 10.3. The Morgan fingerprint density at radius 3 is 2.56 bits per heavy atom. The number of rotatable bonds is 3. The SMILES string of the molecule is COc1nc(C2CCCCC2)nc(N)c1[N+](=O)[O-]. The number of anilines is 1. The van der Waals surface area contributed by atoms with Crippen molar-refractivity contribution in [2.75, 3.05) is 12.8 Å². The van der Waals surface area contributed by atoms with Crippen molar-refractivity contribution >= 4 is 11.5 Å². The quantitative estimate of drug-likeness (QED) is 0.651. The Labute approximate surface area is 105 Å². The van der Waals surface area contributed by atoms with E-state index in [1.807, 2.05) is 0 Å². The Kier molecular flexibility index (Phi) is 3.59. The molecule has 0 bridgehead atoms. The second-order valence-electron chi connectivity index (χ2n) is 4.42. The molecule has 1 aliphatic carbocycles. The molecule has 0 aromatic carbocycles. The number of ether oxygens (including phenoxy) is 1. The summed E-state index contributed by atoms with van der Waals surface area (Å²) in [6.45, 7) is 0. The summed E-state index contributed by atoms with van der Waals surface area (Å²) in [6.07, 6.45) is 5.48. The Hall–Kier alpha value is -1.92. The van der Waals surface area contributed by atoms with E-state index in [9.17, 15) is 10.1 Å². The first-order chi connectivity index (χ1) is 8.63. The number of hydrogen-bond donors (Lipinski definition) is 1. The largest absolute Gasteiger partial charge is 0.476 e. The molecule has 2 rings (SSSR count). The summed E-state index contributed by atoms with van der Waals surface area (Å²) >= 11 is 0. The third-order valence-corrected chi connectivity index (χ3v) is 3.24. The number of nitro groups is 1. The maximum atomic E-state index is 10.9. The Bertz CT molecular complexity index is 458. The van der Waals surface area contributed by atoms with E-state index in [2.05, 4.69) is 9.97 Å². The van der Waals surface area contributed by atoms with E-state index in [1.54, 1.807) is 0 Å². The van der Waals surface area contributed by atoms with E-state index >= 15 is 0 Å². The predicted molar refractivity (Wildman–Crippen MR) is 65.5 cm³/mol. The molecule has 0 atom stereocenters. The standard InChI is InChI=1S/C11H16N4O3/c1-18-11-8(15(16)17)9(12)13-10(14-11)7-5-3-2-4-6-7/h7H,2-6H2,1H3,(H2,12,13,14). The topological polar surface area (TPSA) is 104 Å². The highest BCUT2D eigenvalue weighted by Crippen LogP contribution is 2.35. The molecule has 1 heterocycles. The maximum absolute atomic E-state index is 10.9. The van der Waals surface area contributed by atoms with Gasteiger partial charge in [0.1, 0.15) is 5.82 Å². The fourth-order valence-electron chi connectivity index (χ4n) is 2.33. The van der Waals surface area contributed by atoms with Crippen molar-refractivity contribution in [2.24, 2.45) is 0 Å². The number of aromatic nitrogens is 2. The van der Waals surface area contributed by atoms with Crippen LogP contribution in [0.25, 0.3) is 0 Å². The van der Waals surface area contributed by atoms with Crippen LogP contribution in [0.2, 0.25) is 0 Å². The smallest absolute Gasteiger partial charge is 0.372 e. The molecule has 1 aromatic rings. The van der Waals surface area contributed by atoms with Crippen LogP contribution in [-0.2, 0) is 0 Å². The minimum atomic E-state index is -0.612. The van der Waals surface area contributed by atoms with Gasteiger partial charge in [0.05, 0.1) is 12.0 Å². The van der Waals surface area contributed by atoms with Gasteiger partial charge in [0.15, 0.2) is 0 Å². The van der Waals surface area contributed by atoms with Crippen molar-refractivity contribution in [1.29, 1.82) is 0 Å². The summed E-state index contributed by atoms with van der Waals surface area (Å²) in [5, 5.41) is 10.9. The third kappa shape index (κ3) is 2.34. The molecular weight excluding hydrogens is 236 g/mol. The van der Waals surface area contributed by atoms with Gasteiger partial charge in [-0.15, -0.1) is 0 Å². The van der Waals surface area contributed by atoms with Gasteiger partial charge in [-0.2, -0.15) is 4.98 Å². The van der Waals surface area contributed by atoms with Crippen molar-refractivity contribution in [3.05, 3.63) is 15.9 Å². The van der Waals surface area contributed by atoms with Gasteiger partial charge in [-0.1, -0.05) is 19.3 Å². The first-order valence-electron chi connectivity index (χ1n) is 5.99. The lowest BCUT2D eigenvalue weighted by Gasteiger charge is -2.20. The van der Waals surface area contributed by atoms with Crippen LogP contribution >= 0.6 is 0 Å². The van der Waals surface area contributed by atoms with E-state index in [0.717, 1.165) is 25.7 Å². The van der Waals surface area contributed by atoms with Crippen LogP contribution in [0.4, 0.5) is 11.5 Å². The fourth-order valence-corrected chi connectivity index (χ4v) is 2.33. The van der Waals surface area contributed by atoms with E-state index < -0.39 is 4.92 Å². The number of methoxy groups -OCH3 is 1. The average Bonchev–Trinajstić information content (AvgIpc) is 2.38. The average molecular weight is 252 g/mol. The summed E-state index contributed by atoms with van der Waals surface area (Å²) < 4.78 is 4.95. The predicted octanol–water partition coefficient (Wildman–Crippen LogP) is 2.02. The summed E-state index contributed by atoms with van der Waals surface area (Å²) in [5.41, 5.74) is 5.28. The van der Waals surface area contributed by atoms with Gasteiger partial charge in [0, 0.05) is 5.92 Å². The van der Waals surface area contributed by atoms with Gasteiger partial charge < -0.3 is 10.5 Å². The molecule has 0 amide bonds. The van der Waals surface area contributed by atoms with E-state index in [-0.39, 0.29) is 23.3 Å². The molecule has 1 fully saturated rings. The lowest BCUT2D eigenvalue weighted by Crippen LogP contribution is -2.12. The maximum Gasteiger partial charge on any atom is 0.372 e. The van der Waals surface area contributed by atoms with Crippen molar-refractivity contribution in [1.82, 2.24) is 9.97 Å². The molecule has 1 aliphatic rings. The Morgan fingerprint density at radius 2 is 2.00 bits per heavy atom. The highest BCUT2D eigenvalue weighted by atomic mass is 16.6. The molecule has 98 valence electrons. The molecule has 0 spiro atoms. The van der Waals surface area contributed by atoms with Crippen molar-refractivity contribution in [3.63, 3.8) is 0 Å². The van der Waals surface area contributed by atoms with Gasteiger partial charge in [0.2, 0.25) is 5.82 Å². The molecule has 0 saturated heterocycles. The number of nitrogen functional groups attached to an aromatic ring is 1. The normalized spacial score (nSPS) is 16.5. The molecule has 0 aliphatic heterocycles. The van der Waals surface area contributed by atoms with Gasteiger partial charge in [-0.3, -0.25) is 10.1 Å².